The van der Waals surface area contributed by atoms with Crippen molar-refractivity contribution in [2.75, 3.05) is 19.7 Å². The van der Waals surface area contributed by atoms with Crippen LogP contribution in [0.4, 0.5) is 0 Å². The van der Waals surface area contributed by atoms with Crippen LogP contribution in [0.15, 0.2) is 48.8 Å². The third kappa shape index (κ3) is 3.39. The predicted octanol–water partition coefficient (Wildman–Crippen LogP) is 1.81. The second-order valence-electron chi connectivity index (χ2n) is 7.35. The number of likely N-dealkylation sites (tertiary alicyclic amines) is 1. The van der Waals surface area contributed by atoms with E-state index in [-0.39, 0.29) is 11.8 Å². The molecule has 1 amide bonds. The molecule has 2 fully saturated rings. The molecule has 6 heteroatoms. The fourth-order valence-corrected chi connectivity index (χ4v) is 4.12. The molecule has 2 aromatic rings. The number of aromatic nitrogens is 2. The van der Waals surface area contributed by atoms with Gasteiger partial charge in [-0.2, -0.15) is 5.10 Å². The first-order chi connectivity index (χ1) is 12.7. The van der Waals surface area contributed by atoms with Gasteiger partial charge in [0, 0.05) is 37.8 Å². The molecule has 1 aromatic carbocycles. The van der Waals surface area contributed by atoms with Crippen molar-refractivity contribution in [2.24, 2.45) is 0 Å². The lowest BCUT2D eigenvalue weighted by Gasteiger charge is -2.26. The Hall–Kier alpha value is -2.18. The van der Waals surface area contributed by atoms with E-state index < -0.39 is 11.7 Å². The lowest BCUT2D eigenvalue weighted by atomic mass is 9.87. The molecule has 0 saturated carbocycles. The lowest BCUT2D eigenvalue weighted by Crippen LogP contribution is -2.41. The van der Waals surface area contributed by atoms with E-state index >= 15 is 0 Å². The van der Waals surface area contributed by atoms with Crippen LogP contribution in [0, 0.1) is 0 Å². The summed E-state index contributed by atoms with van der Waals surface area (Å²) in [6, 6.07) is 12.1. The number of aliphatic hydroxyl groups excluding tert-OH is 1. The molecule has 4 rings (SSSR count). The summed E-state index contributed by atoms with van der Waals surface area (Å²) in [5.41, 5.74) is 0.624. The summed E-state index contributed by atoms with van der Waals surface area (Å²) in [5, 5.41) is 14.8. The van der Waals surface area contributed by atoms with Gasteiger partial charge in [-0.3, -0.25) is 9.48 Å². The first-order valence-electron chi connectivity index (χ1n) is 9.28. The molecule has 2 saturated heterocycles. The predicted molar refractivity (Wildman–Crippen MR) is 96.5 cm³/mol. The zero-order valence-electron chi connectivity index (χ0n) is 14.8. The largest absolute Gasteiger partial charge is 0.388 e. The molecule has 2 aliphatic rings. The van der Waals surface area contributed by atoms with E-state index in [1.165, 1.54) is 5.56 Å². The smallest absolute Gasteiger partial charge is 0.222 e. The highest BCUT2D eigenvalue weighted by atomic mass is 16.5. The SMILES string of the molecule is O=C(CCCn1cccn1)N1C[C@@H](O)[C@@]2(C[C@H](c3ccccc3)CO2)C1. The third-order valence-electron chi connectivity index (χ3n) is 5.58. The van der Waals surface area contributed by atoms with Crippen molar-refractivity contribution in [1.29, 1.82) is 0 Å². The first-order valence-corrected chi connectivity index (χ1v) is 9.28. The van der Waals surface area contributed by atoms with Gasteiger partial charge in [-0.1, -0.05) is 30.3 Å². The summed E-state index contributed by atoms with van der Waals surface area (Å²) in [6.45, 7) is 2.18. The van der Waals surface area contributed by atoms with E-state index in [9.17, 15) is 9.90 Å². The quantitative estimate of drug-likeness (QED) is 0.888. The van der Waals surface area contributed by atoms with Gasteiger partial charge >= 0.3 is 0 Å². The van der Waals surface area contributed by atoms with Gasteiger partial charge in [0.2, 0.25) is 5.91 Å². The summed E-state index contributed by atoms with van der Waals surface area (Å²) < 4.78 is 7.90. The highest BCUT2D eigenvalue weighted by Gasteiger charge is 2.53. The van der Waals surface area contributed by atoms with Crippen molar-refractivity contribution in [3.8, 4) is 0 Å². The van der Waals surface area contributed by atoms with Crippen molar-refractivity contribution in [3.05, 3.63) is 54.4 Å². The van der Waals surface area contributed by atoms with Gasteiger partial charge in [0.25, 0.3) is 0 Å². The van der Waals surface area contributed by atoms with E-state index in [4.69, 9.17) is 4.74 Å². The van der Waals surface area contributed by atoms with Crippen molar-refractivity contribution < 1.29 is 14.6 Å². The monoisotopic (exact) mass is 355 g/mol. The number of aryl methyl sites for hydroxylation is 1. The van der Waals surface area contributed by atoms with Crippen LogP contribution >= 0.6 is 0 Å². The summed E-state index contributed by atoms with van der Waals surface area (Å²) in [4.78, 5) is 14.3. The minimum atomic E-state index is -0.619. The number of benzene rings is 1. The molecular formula is C20H25N3O3. The van der Waals surface area contributed by atoms with Crippen LogP contribution in [0.1, 0.15) is 30.7 Å². The Labute approximate surface area is 153 Å². The highest BCUT2D eigenvalue weighted by Crippen LogP contribution is 2.42. The number of nitrogens with zero attached hydrogens (tertiary/aromatic N) is 3. The molecule has 26 heavy (non-hydrogen) atoms. The number of aliphatic hydroxyl groups is 1. The molecule has 6 nitrogen and oxygen atoms in total. The number of hydrogen-bond donors (Lipinski definition) is 1. The Balaban J connectivity index is 1.33. The maximum absolute atomic E-state index is 12.5. The van der Waals surface area contributed by atoms with Crippen LogP contribution < -0.4 is 0 Å². The fourth-order valence-electron chi connectivity index (χ4n) is 4.12. The molecule has 3 heterocycles. The molecule has 138 valence electrons. The van der Waals surface area contributed by atoms with Crippen LogP contribution in [0.5, 0.6) is 0 Å². The summed E-state index contributed by atoms with van der Waals surface area (Å²) in [7, 11) is 0. The van der Waals surface area contributed by atoms with Crippen molar-refractivity contribution in [2.45, 2.75) is 43.4 Å². The van der Waals surface area contributed by atoms with E-state index in [1.807, 2.05) is 35.1 Å². The second-order valence-corrected chi connectivity index (χ2v) is 7.35. The zero-order valence-corrected chi connectivity index (χ0v) is 14.8. The van der Waals surface area contributed by atoms with E-state index in [0.29, 0.717) is 26.1 Å². The average Bonchev–Trinajstić information content (AvgIpc) is 3.38. The molecule has 1 spiro atoms. The van der Waals surface area contributed by atoms with Gasteiger partial charge < -0.3 is 14.7 Å². The van der Waals surface area contributed by atoms with E-state index in [1.54, 1.807) is 11.1 Å². The topological polar surface area (TPSA) is 67.6 Å². The average molecular weight is 355 g/mol. The Bertz CT molecular complexity index is 734. The molecule has 0 radical (unpaired) electrons. The number of carbonyl (C=O) groups is 1. The van der Waals surface area contributed by atoms with Crippen molar-refractivity contribution in [1.82, 2.24) is 14.7 Å². The lowest BCUT2D eigenvalue weighted by molar-refractivity contribution is -0.131. The van der Waals surface area contributed by atoms with Gasteiger partial charge in [0.15, 0.2) is 0 Å². The minimum Gasteiger partial charge on any atom is -0.388 e. The highest BCUT2D eigenvalue weighted by molar-refractivity contribution is 5.76. The number of amides is 1. The second kappa shape index (κ2) is 7.21. The molecule has 1 N–H and O–H groups in total. The maximum atomic E-state index is 12.5. The van der Waals surface area contributed by atoms with Gasteiger partial charge in [-0.25, -0.2) is 0 Å². The summed E-state index contributed by atoms with van der Waals surface area (Å²) >= 11 is 0. The van der Waals surface area contributed by atoms with E-state index in [2.05, 4.69) is 17.2 Å². The Morgan fingerprint density at radius 1 is 1.31 bits per heavy atom. The number of β-amino-alcohol motifs (C(OH)–C–C–N with tert-alkyl or cyclic N) is 1. The molecule has 3 atom stereocenters. The number of carbonyl (C=O) groups excluding carboxylic acids is 1. The van der Waals surface area contributed by atoms with Crippen LogP contribution in [0.2, 0.25) is 0 Å². The van der Waals surface area contributed by atoms with Crippen LogP contribution in [-0.4, -0.2) is 57.1 Å². The van der Waals surface area contributed by atoms with Crippen LogP contribution in [0.3, 0.4) is 0 Å². The molecule has 2 aliphatic heterocycles. The summed E-state index contributed by atoms with van der Waals surface area (Å²) in [6.07, 6.45) is 4.98. The third-order valence-corrected chi connectivity index (χ3v) is 5.58. The molecule has 1 aromatic heterocycles. The van der Waals surface area contributed by atoms with Gasteiger partial charge in [0.1, 0.15) is 11.7 Å². The van der Waals surface area contributed by atoms with Crippen LogP contribution in [-0.2, 0) is 16.1 Å². The molecular weight excluding hydrogens is 330 g/mol. The zero-order chi connectivity index (χ0) is 18.0. The number of rotatable bonds is 5. The number of hydrogen-bond acceptors (Lipinski definition) is 4. The molecule has 0 bridgehead atoms. The normalized spacial score (nSPS) is 28.1. The van der Waals surface area contributed by atoms with Crippen molar-refractivity contribution in [3.63, 3.8) is 0 Å². The van der Waals surface area contributed by atoms with Crippen molar-refractivity contribution >= 4 is 5.91 Å². The summed E-state index contributed by atoms with van der Waals surface area (Å²) in [5.74, 6) is 0.362. The Morgan fingerprint density at radius 3 is 2.92 bits per heavy atom. The number of ether oxygens (including phenoxy) is 1. The Morgan fingerprint density at radius 2 is 2.15 bits per heavy atom. The van der Waals surface area contributed by atoms with Crippen LogP contribution in [0.25, 0.3) is 0 Å². The maximum Gasteiger partial charge on any atom is 0.222 e. The molecule has 0 aliphatic carbocycles. The van der Waals surface area contributed by atoms with Gasteiger partial charge in [0.05, 0.1) is 13.2 Å². The van der Waals surface area contributed by atoms with Gasteiger partial charge in [-0.05, 0) is 24.5 Å². The first kappa shape index (κ1) is 17.2. The Kier molecular flexibility index (Phi) is 4.78. The minimum absolute atomic E-state index is 0.0832. The van der Waals surface area contributed by atoms with Gasteiger partial charge in [-0.15, -0.1) is 0 Å². The molecule has 0 unspecified atom stereocenters. The van der Waals surface area contributed by atoms with E-state index in [0.717, 1.165) is 19.4 Å². The standard InChI is InChI=1S/C20H25N3O3/c24-18-13-22(19(25)8-4-10-23-11-5-9-21-23)15-20(18)12-17(14-26-20)16-6-2-1-3-7-16/h1-3,5-7,9,11,17-18,24H,4,8,10,12-15H2/t17-,18+,20+/m0/s1. The fraction of sp³-hybridized carbons (Fsp3) is 0.500.